The molecule has 8 aliphatic rings. The van der Waals surface area contributed by atoms with Crippen LogP contribution in [-0.2, 0) is 52.4 Å². The molecular weight excluding hydrogens is 1390 g/mol. The molecule has 0 bridgehead atoms. The maximum absolute atomic E-state index is 2.55. The zero-order chi connectivity index (χ0) is 59.1. The predicted molar refractivity (Wildman–Crippen MR) is 399 cm³/mol. The zero-order valence-electron chi connectivity index (χ0n) is 56.3. The molecule has 16 rings (SSSR count). The van der Waals surface area contributed by atoms with E-state index in [2.05, 4.69) is 146 Å². The Kier molecular flexibility index (Phi) is 32.4. The van der Waals surface area contributed by atoms with E-state index in [1.54, 1.807) is 21.2 Å². The molecule has 492 valence electrons. The van der Waals surface area contributed by atoms with Crippen molar-refractivity contribution in [2.75, 3.05) is 0 Å². The second-order valence-electron chi connectivity index (χ2n) is 29.3. The molecule has 0 aliphatic heterocycles. The molecule has 8 aromatic carbocycles. The molecule has 0 unspecified atom stereocenters. The van der Waals surface area contributed by atoms with Crippen LogP contribution in [0.1, 0.15) is 257 Å². The maximum atomic E-state index is 2.55. The van der Waals surface area contributed by atoms with Crippen molar-refractivity contribution < 1.29 is 77.2 Å². The smallest absolute Gasteiger partial charge is 1.00 e. The molecule has 92 heavy (non-hydrogen) atoms. The van der Waals surface area contributed by atoms with E-state index in [0.717, 1.165) is 45.3 Å². The molecule has 8 heteroatoms. The van der Waals surface area contributed by atoms with Crippen LogP contribution in [0.2, 0.25) is 0 Å². The van der Waals surface area contributed by atoms with Gasteiger partial charge in [0, 0.05) is 0 Å². The number of hydrogen-bond donors (Lipinski definition) is 0. The second-order valence-corrected chi connectivity index (χ2v) is 40.5. The SMILES string of the molecule is [Cl-].[Cl-].[Zr+2].[Zr+2].c1ccc2[cH-]c(P(C3CCCCC3)C3CCCCC3)cc2c1.c1ccc2[cH-]c(P(C3CCCCC3)C3CCCCC3)cc2c1.c1ccc2[cH-]c(P(C3CCCCC3)C3CCCCC3)cc2c1.c1ccc2[cH-]c(P(C3CCCCC3)C3CCCCC3)cc2c1. The fourth-order valence-corrected chi connectivity index (χ4v) is 34.3. The predicted octanol–water partition coefficient (Wildman–Crippen LogP) is 19.3. The van der Waals surface area contributed by atoms with Gasteiger partial charge in [0.2, 0.25) is 0 Å². The van der Waals surface area contributed by atoms with Gasteiger partial charge < -0.3 is 24.8 Å². The molecule has 8 fully saturated rings. The minimum atomic E-state index is 0. The Balaban J connectivity index is 0.000000143. The van der Waals surface area contributed by atoms with Crippen molar-refractivity contribution >= 4 is 96.0 Å². The summed E-state index contributed by atoms with van der Waals surface area (Å²) in [5.74, 6) is 0. The normalized spacial score (nSPS) is 20.7. The number of benzene rings is 4. The van der Waals surface area contributed by atoms with Crippen molar-refractivity contribution in [2.24, 2.45) is 0 Å². The van der Waals surface area contributed by atoms with Crippen LogP contribution in [0.4, 0.5) is 0 Å². The van der Waals surface area contributed by atoms with E-state index < -0.39 is 0 Å². The molecule has 8 aliphatic carbocycles. The Labute approximate surface area is 615 Å². The summed E-state index contributed by atoms with van der Waals surface area (Å²) in [7, 11) is 0.244. The number of halogens is 2. The fraction of sp³-hybridized carbons (Fsp3) is 0.571. The Bertz CT molecular complexity index is 2660. The van der Waals surface area contributed by atoms with Crippen LogP contribution >= 0.6 is 31.7 Å². The van der Waals surface area contributed by atoms with Crippen molar-refractivity contribution in [3.8, 4) is 0 Å². The van der Waals surface area contributed by atoms with Crippen molar-refractivity contribution in [2.45, 2.75) is 302 Å². The first kappa shape index (κ1) is 75.6. The minimum Gasteiger partial charge on any atom is -1.00 e. The van der Waals surface area contributed by atoms with Gasteiger partial charge in [-0.1, -0.05) is 210 Å². The molecule has 0 atom stereocenters. The quantitative estimate of drug-likeness (QED) is 0.0845. The van der Waals surface area contributed by atoms with Gasteiger partial charge in [-0.2, -0.15) is 24.3 Å². The molecule has 8 aromatic rings. The number of fused-ring (bicyclic) bond motifs is 4. The number of rotatable bonds is 12. The van der Waals surface area contributed by atoms with Gasteiger partial charge in [0.15, 0.2) is 0 Å². The van der Waals surface area contributed by atoms with Gasteiger partial charge in [0.05, 0.1) is 0 Å². The maximum Gasteiger partial charge on any atom is 2.00 e. The van der Waals surface area contributed by atoms with Gasteiger partial charge >= 0.3 is 52.4 Å². The second kappa shape index (κ2) is 39.4. The van der Waals surface area contributed by atoms with E-state index in [9.17, 15) is 0 Å². The third-order valence-corrected chi connectivity index (χ3v) is 37.2. The molecule has 0 amide bonds. The van der Waals surface area contributed by atoms with Crippen LogP contribution in [0.3, 0.4) is 0 Å². The van der Waals surface area contributed by atoms with Crippen molar-refractivity contribution in [1.29, 1.82) is 0 Å². The summed E-state index contributed by atoms with van der Waals surface area (Å²) in [6.07, 6.45) is 59.6. The standard InChI is InChI=1S/4C21H28P.2ClH.2Zr/c4*1-3-11-19(12-4-1)22(20-13-5-2-6-14-20)21-15-17-9-7-8-10-18(17)16-21;;;;/h4*7-10,15-16,19-20H,1-6,11-14H2;2*1H;;/q4*-1;;;2*+2/p-2. The molecule has 0 saturated heterocycles. The molecule has 0 N–H and O–H groups in total. The Hall–Kier alpha value is -0.614. The third-order valence-electron chi connectivity index (χ3n) is 23.3. The van der Waals surface area contributed by atoms with Gasteiger partial charge in [0.25, 0.3) is 0 Å². The van der Waals surface area contributed by atoms with Gasteiger partial charge in [-0.3, -0.25) is 0 Å². The van der Waals surface area contributed by atoms with E-state index in [-0.39, 0.29) is 109 Å². The van der Waals surface area contributed by atoms with E-state index in [1.165, 1.54) is 300 Å². The van der Waals surface area contributed by atoms with Crippen LogP contribution in [0.5, 0.6) is 0 Å². The van der Waals surface area contributed by atoms with E-state index in [1.807, 2.05) is 0 Å². The van der Waals surface area contributed by atoms with Gasteiger partial charge in [-0.15, -0.1) is 161 Å². The molecular formula is C84H112Cl2P4Zr2-2. The van der Waals surface area contributed by atoms with Crippen LogP contribution in [0.15, 0.2) is 146 Å². The average molecular weight is 1500 g/mol. The molecule has 0 heterocycles. The number of hydrogen-bond acceptors (Lipinski definition) is 0. The Morgan fingerprint density at radius 3 is 0.489 bits per heavy atom. The van der Waals surface area contributed by atoms with E-state index >= 15 is 0 Å². The van der Waals surface area contributed by atoms with Crippen LogP contribution in [0.25, 0.3) is 43.1 Å². The van der Waals surface area contributed by atoms with E-state index in [0.29, 0.717) is 0 Å². The van der Waals surface area contributed by atoms with Gasteiger partial charge in [0.1, 0.15) is 0 Å². The van der Waals surface area contributed by atoms with Crippen LogP contribution in [-0.4, -0.2) is 45.3 Å². The van der Waals surface area contributed by atoms with Crippen molar-refractivity contribution in [1.82, 2.24) is 0 Å². The molecule has 0 radical (unpaired) electrons. The Morgan fingerprint density at radius 1 is 0.207 bits per heavy atom. The van der Waals surface area contributed by atoms with Crippen molar-refractivity contribution in [3.05, 3.63) is 146 Å². The first-order valence-corrected chi connectivity index (χ1v) is 43.3. The van der Waals surface area contributed by atoms with E-state index in [4.69, 9.17) is 0 Å². The summed E-state index contributed by atoms with van der Waals surface area (Å²) >= 11 is 0. The zero-order valence-corrected chi connectivity index (χ0v) is 66.3. The fourth-order valence-electron chi connectivity index (χ4n) is 18.9. The largest absolute Gasteiger partial charge is 2.00 e. The first-order valence-electron chi connectivity index (χ1n) is 37.4. The molecule has 0 spiro atoms. The average Bonchev–Trinajstić information content (AvgIpc) is 1.88. The summed E-state index contributed by atoms with van der Waals surface area (Å²) < 4.78 is 0. The first-order chi connectivity index (χ1) is 43.7. The van der Waals surface area contributed by atoms with Gasteiger partial charge in [-0.05, 0) is 148 Å². The Morgan fingerprint density at radius 2 is 0.348 bits per heavy atom. The summed E-state index contributed by atoms with van der Waals surface area (Å²) in [6.45, 7) is 0. The molecule has 0 aromatic heterocycles. The third kappa shape index (κ3) is 19.9. The molecule has 8 saturated carbocycles. The van der Waals surface area contributed by atoms with Crippen molar-refractivity contribution in [3.63, 3.8) is 0 Å². The van der Waals surface area contributed by atoms with Crippen LogP contribution < -0.4 is 46.0 Å². The topological polar surface area (TPSA) is 0 Å². The monoisotopic (exact) mass is 1490 g/mol. The summed E-state index contributed by atoms with van der Waals surface area (Å²) in [6, 6.07) is 56.3. The van der Waals surface area contributed by atoms with Gasteiger partial charge in [-0.25, -0.2) is 0 Å². The van der Waals surface area contributed by atoms with Crippen LogP contribution in [0, 0.1) is 0 Å². The summed E-state index contributed by atoms with van der Waals surface area (Å²) in [5.41, 5.74) is 8.14. The summed E-state index contributed by atoms with van der Waals surface area (Å²) in [4.78, 5) is 0. The molecule has 0 nitrogen and oxygen atoms in total. The summed E-state index contributed by atoms with van der Waals surface area (Å²) in [5, 5.41) is 18.7. The minimum absolute atomic E-state index is 0.